The first-order chi connectivity index (χ1) is 12.2. The van der Waals surface area contributed by atoms with Crippen molar-refractivity contribution in [3.63, 3.8) is 0 Å². The molecule has 2 aromatic rings. The highest BCUT2D eigenvalue weighted by atomic mass is 32.2. The largest absolute Gasteiger partial charge is 0.481 e. The molecule has 0 aliphatic heterocycles. The molecule has 1 heterocycles. The van der Waals surface area contributed by atoms with E-state index in [1.807, 2.05) is 0 Å². The lowest BCUT2D eigenvalue weighted by Gasteiger charge is -2.14. The van der Waals surface area contributed by atoms with Crippen molar-refractivity contribution in [2.45, 2.75) is 23.8 Å². The van der Waals surface area contributed by atoms with Crippen molar-refractivity contribution in [3.8, 4) is 0 Å². The Kier molecular flexibility index (Phi) is 4.40. The number of thioether (sulfide) groups is 1. The molecule has 11 heteroatoms. The summed E-state index contributed by atoms with van der Waals surface area (Å²) in [5.74, 6) is -4.55. The molecule has 0 radical (unpaired) electrons. The number of rotatable bonds is 6. The highest BCUT2D eigenvalue weighted by Crippen LogP contribution is 2.43. The lowest BCUT2D eigenvalue weighted by Crippen LogP contribution is -2.20. The van der Waals surface area contributed by atoms with Gasteiger partial charge in [-0.1, -0.05) is 0 Å². The maximum atomic E-state index is 14.4. The maximum absolute atomic E-state index is 14.4. The van der Waals surface area contributed by atoms with Crippen LogP contribution in [0.2, 0.25) is 0 Å². The predicted octanol–water partition coefficient (Wildman–Crippen LogP) is 2.26. The number of hydrogen-bond donors (Lipinski definition) is 2. The fourth-order valence-electron chi connectivity index (χ4n) is 2.68. The van der Waals surface area contributed by atoms with Gasteiger partial charge >= 0.3 is 17.6 Å². The zero-order chi connectivity index (χ0) is 19.2. The molecule has 0 atom stereocenters. The number of nitro groups is 1. The molecule has 1 aromatic carbocycles. The topological polar surface area (TPSA) is 140 Å². The van der Waals surface area contributed by atoms with Gasteiger partial charge < -0.3 is 14.8 Å². The highest BCUT2D eigenvalue weighted by Gasteiger charge is 2.33. The molecule has 0 spiro atoms. The molecule has 1 aromatic heterocycles. The van der Waals surface area contributed by atoms with E-state index in [2.05, 4.69) is 0 Å². The summed E-state index contributed by atoms with van der Waals surface area (Å²) in [6.07, 6.45) is 2.29. The monoisotopic (exact) mass is 382 g/mol. The molecular formula is C15H11FN2O7S. The van der Waals surface area contributed by atoms with E-state index in [9.17, 15) is 34.0 Å². The number of carboxylic acid groups (broad SMARTS) is 2. The van der Waals surface area contributed by atoms with E-state index in [1.54, 1.807) is 0 Å². The molecule has 1 aliphatic rings. The third kappa shape index (κ3) is 3.01. The Morgan fingerprint density at radius 2 is 2.04 bits per heavy atom. The van der Waals surface area contributed by atoms with Crippen molar-refractivity contribution in [2.24, 2.45) is 0 Å². The number of pyridine rings is 1. The Morgan fingerprint density at radius 3 is 2.54 bits per heavy atom. The molecule has 1 fully saturated rings. The summed E-state index contributed by atoms with van der Waals surface area (Å²) >= 11 is 0.434. The zero-order valence-corrected chi connectivity index (χ0v) is 13.8. The van der Waals surface area contributed by atoms with Crippen molar-refractivity contribution in [2.75, 3.05) is 5.75 Å². The summed E-state index contributed by atoms with van der Waals surface area (Å²) in [6.45, 7) is 0. The van der Waals surface area contributed by atoms with Crippen molar-refractivity contribution >= 4 is 40.3 Å². The zero-order valence-electron chi connectivity index (χ0n) is 13.0. The van der Waals surface area contributed by atoms with Gasteiger partial charge in [-0.2, -0.15) is 0 Å². The Labute approximate surface area is 148 Å². The Hall–Kier alpha value is -2.95. The van der Waals surface area contributed by atoms with Gasteiger partial charge in [0.1, 0.15) is 21.8 Å². The van der Waals surface area contributed by atoms with Crippen LogP contribution in [-0.4, -0.2) is 37.4 Å². The Balaban J connectivity index is 2.43. The number of aliphatic carboxylic acids is 1. The van der Waals surface area contributed by atoms with E-state index in [0.717, 1.165) is 12.3 Å². The van der Waals surface area contributed by atoms with Crippen LogP contribution in [0.4, 0.5) is 10.1 Å². The van der Waals surface area contributed by atoms with Crippen molar-refractivity contribution < 1.29 is 29.1 Å². The van der Waals surface area contributed by atoms with Crippen LogP contribution in [0.3, 0.4) is 0 Å². The van der Waals surface area contributed by atoms with E-state index >= 15 is 0 Å². The van der Waals surface area contributed by atoms with Crippen LogP contribution in [-0.2, 0) is 4.79 Å². The maximum Gasteiger partial charge on any atom is 0.341 e. The average Bonchev–Trinajstić information content (AvgIpc) is 3.37. The van der Waals surface area contributed by atoms with Gasteiger partial charge in [-0.3, -0.25) is 19.7 Å². The minimum atomic E-state index is -1.52. The van der Waals surface area contributed by atoms with Gasteiger partial charge in [0.05, 0.1) is 16.1 Å². The SMILES string of the molecule is O=C(O)CSc1c(F)cc2c(=O)c(C(=O)O)cn(C3CC3)c2c1[N+](=O)[O-]. The smallest absolute Gasteiger partial charge is 0.341 e. The molecule has 9 nitrogen and oxygen atoms in total. The van der Waals surface area contributed by atoms with Crippen LogP contribution in [0, 0.1) is 15.9 Å². The second-order valence-electron chi connectivity index (χ2n) is 5.69. The van der Waals surface area contributed by atoms with Crippen LogP contribution < -0.4 is 5.43 Å². The number of nitro benzene ring substituents is 1. The average molecular weight is 382 g/mol. The van der Waals surface area contributed by atoms with Crippen LogP contribution in [0.25, 0.3) is 10.9 Å². The lowest BCUT2D eigenvalue weighted by atomic mass is 10.1. The number of nitrogens with zero attached hydrogens (tertiary/aromatic N) is 2. The van der Waals surface area contributed by atoms with Gasteiger partial charge in [0.15, 0.2) is 0 Å². The minimum Gasteiger partial charge on any atom is -0.481 e. The summed E-state index contributed by atoms with van der Waals surface area (Å²) in [7, 11) is 0. The Morgan fingerprint density at radius 1 is 1.38 bits per heavy atom. The standard InChI is InChI=1S/C15H11FN2O7S/c16-9-3-7-11(12(18(24)25)14(9)26-5-10(19)20)17(6-1-2-6)4-8(13(7)21)15(22)23/h3-4,6H,1-2,5H2,(H,19,20)(H,22,23). The quantitative estimate of drug-likeness (QED) is 0.440. The van der Waals surface area contributed by atoms with Gasteiger partial charge in [-0.25, -0.2) is 9.18 Å². The van der Waals surface area contributed by atoms with Crippen LogP contribution in [0.1, 0.15) is 29.2 Å². The van der Waals surface area contributed by atoms with Gasteiger partial charge in [0.25, 0.3) is 0 Å². The second kappa shape index (κ2) is 6.41. The first-order valence-electron chi connectivity index (χ1n) is 7.36. The number of benzene rings is 1. The first-order valence-corrected chi connectivity index (χ1v) is 8.34. The summed E-state index contributed by atoms with van der Waals surface area (Å²) in [5.41, 5.74) is -2.56. The predicted molar refractivity (Wildman–Crippen MR) is 88.4 cm³/mol. The fourth-order valence-corrected chi connectivity index (χ4v) is 3.46. The fraction of sp³-hybridized carbons (Fsp3) is 0.267. The summed E-state index contributed by atoms with van der Waals surface area (Å²) in [4.78, 5) is 44.7. The van der Waals surface area contributed by atoms with E-state index in [4.69, 9.17) is 5.11 Å². The third-order valence-electron chi connectivity index (χ3n) is 3.89. The van der Waals surface area contributed by atoms with E-state index < -0.39 is 55.4 Å². The molecule has 136 valence electrons. The summed E-state index contributed by atoms with van der Waals surface area (Å²) in [6, 6.07) is 0.498. The van der Waals surface area contributed by atoms with E-state index in [0.29, 0.717) is 24.6 Å². The number of carboxylic acids is 2. The minimum absolute atomic E-state index is 0.193. The molecule has 0 saturated heterocycles. The van der Waals surface area contributed by atoms with Crippen molar-refractivity contribution in [3.05, 3.63) is 44.0 Å². The first kappa shape index (κ1) is 17.9. The molecule has 0 bridgehead atoms. The number of aromatic nitrogens is 1. The highest BCUT2D eigenvalue weighted by molar-refractivity contribution is 8.00. The van der Waals surface area contributed by atoms with E-state index in [-0.39, 0.29) is 11.6 Å². The molecular weight excluding hydrogens is 371 g/mol. The normalized spacial score (nSPS) is 13.7. The number of halogens is 1. The number of aromatic carboxylic acids is 1. The molecule has 2 N–H and O–H groups in total. The second-order valence-corrected chi connectivity index (χ2v) is 6.67. The van der Waals surface area contributed by atoms with Gasteiger partial charge in [-0.15, -0.1) is 11.8 Å². The summed E-state index contributed by atoms with van der Waals surface area (Å²) < 4.78 is 15.7. The number of fused-ring (bicyclic) bond motifs is 1. The molecule has 0 unspecified atom stereocenters. The van der Waals surface area contributed by atoms with Crippen molar-refractivity contribution in [1.29, 1.82) is 0 Å². The van der Waals surface area contributed by atoms with Crippen LogP contribution >= 0.6 is 11.8 Å². The molecule has 1 saturated carbocycles. The van der Waals surface area contributed by atoms with Crippen LogP contribution in [0.5, 0.6) is 0 Å². The molecule has 1 aliphatic carbocycles. The lowest BCUT2D eigenvalue weighted by molar-refractivity contribution is -0.386. The molecule has 3 rings (SSSR count). The number of carbonyl (C=O) groups is 2. The third-order valence-corrected chi connectivity index (χ3v) is 4.96. The Bertz CT molecular complexity index is 1030. The van der Waals surface area contributed by atoms with E-state index in [1.165, 1.54) is 4.57 Å². The van der Waals surface area contributed by atoms with Gasteiger partial charge in [0, 0.05) is 12.2 Å². The molecule has 26 heavy (non-hydrogen) atoms. The number of hydrogen-bond acceptors (Lipinski definition) is 6. The van der Waals surface area contributed by atoms with Crippen LogP contribution in [0.15, 0.2) is 22.0 Å². The van der Waals surface area contributed by atoms with Crippen molar-refractivity contribution in [1.82, 2.24) is 4.57 Å². The van der Waals surface area contributed by atoms with Gasteiger partial charge in [0.2, 0.25) is 5.43 Å². The summed E-state index contributed by atoms with van der Waals surface area (Å²) in [5, 5.41) is 29.1. The van der Waals surface area contributed by atoms with Gasteiger partial charge in [-0.05, 0) is 18.9 Å². The molecule has 0 amide bonds.